The van der Waals surface area contributed by atoms with E-state index in [9.17, 15) is 14.5 Å². The van der Waals surface area contributed by atoms with Crippen LogP contribution < -0.4 is 10.5 Å². The third kappa shape index (κ3) is 2.75. The topological polar surface area (TPSA) is 78.4 Å². The normalized spacial score (nSPS) is 11.9. The van der Waals surface area contributed by atoms with Gasteiger partial charge in [-0.25, -0.2) is 4.39 Å². The van der Waals surface area contributed by atoms with E-state index >= 15 is 0 Å². The predicted octanol–water partition coefficient (Wildman–Crippen LogP) is 2.79. The molecule has 0 aliphatic carbocycles. The summed E-state index contributed by atoms with van der Waals surface area (Å²) in [5, 5.41) is 10.7. The van der Waals surface area contributed by atoms with Crippen LogP contribution in [-0.4, -0.2) is 12.0 Å². The van der Waals surface area contributed by atoms with Crippen LogP contribution in [0.4, 0.5) is 10.1 Å². The largest absolute Gasteiger partial charge is 0.497 e. The highest BCUT2D eigenvalue weighted by atomic mass is 19.1. The smallest absolute Gasteiger partial charge is 0.269 e. The molecule has 0 aliphatic rings. The number of rotatable bonds is 4. The molecule has 2 N–H and O–H groups in total. The highest BCUT2D eigenvalue weighted by Gasteiger charge is 2.17. The summed E-state index contributed by atoms with van der Waals surface area (Å²) in [6.07, 6.45) is 0. The number of nitro benzene ring substituents is 1. The van der Waals surface area contributed by atoms with E-state index in [4.69, 9.17) is 10.5 Å². The first-order valence-corrected chi connectivity index (χ1v) is 5.86. The van der Waals surface area contributed by atoms with Gasteiger partial charge in [0.25, 0.3) is 5.69 Å². The van der Waals surface area contributed by atoms with Gasteiger partial charge in [0.15, 0.2) is 0 Å². The van der Waals surface area contributed by atoms with Gasteiger partial charge in [-0.15, -0.1) is 0 Å². The quantitative estimate of drug-likeness (QED) is 0.688. The fourth-order valence-corrected chi connectivity index (χ4v) is 1.87. The Morgan fingerprint density at radius 3 is 2.45 bits per heavy atom. The second-order valence-electron chi connectivity index (χ2n) is 4.21. The van der Waals surface area contributed by atoms with Crippen LogP contribution in [0.1, 0.15) is 17.2 Å². The molecule has 0 fully saturated rings. The Bertz CT molecular complexity index is 629. The number of hydrogen-bond donors (Lipinski definition) is 1. The van der Waals surface area contributed by atoms with Crippen molar-refractivity contribution in [3.63, 3.8) is 0 Å². The molecule has 0 bridgehead atoms. The minimum absolute atomic E-state index is 0.0874. The summed E-state index contributed by atoms with van der Waals surface area (Å²) in [6, 6.07) is 9.33. The Morgan fingerprint density at radius 1 is 1.25 bits per heavy atom. The second kappa shape index (κ2) is 5.66. The van der Waals surface area contributed by atoms with Gasteiger partial charge in [0, 0.05) is 17.7 Å². The lowest BCUT2D eigenvalue weighted by Crippen LogP contribution is -2.14. The maximum absolute atomic E-state index is 13.8. The molecule has 0 heterocycles. The Balaban J connectivity index is 2.38. The molecule has 2 aromatic rings. The molecule has 0 amide bonds. The summed E-state index contributed by atoms with van der Waals surface area (Å²) in [6.45, 7) is 0. The van der Waals surface area contributed by atoms with E-state index in [0.717, 1.165) is 18.2 Å². The number of hydrogen-bond acceptors (Lipinski definition) is 4. The molecule has 5 nitrogen and oxygen atoms in total. The van der Waals surface area contributed by atoms with Crippen LogP contribution >= 0.6 is 0 Å². The van der Waals surface area contributed by atoms with Gasteiger partial charge in [-0.1, -0.05) is 12.1 Å². The lowest BCUT2D eigenvalue weighted by Gasteiger charge is -2.13. The average Bonchev–Trinajstić information content (AvgIpc) is 2.47. The zero-order valence-electron chi connectivity index (χ0n) is 10.7. The minimum atomic E-state index is -0.777. The van der Waals surface area contributed by atoms with E-state index in [1.807, 2.05) is 0 Å². The third-order valence-corrected chi connectivity index (χ3v) is 3.00. The summed E-state index contributed by atoms with van der Waals surface area (Å²) < 4.78 is 18.8. The maximum Gasteiger partial charge on any atom is 0.269 e. The lowest BCUT2D eigenvalue weighted by atomic mass is 9.98. The van der Waals surface area contributed by atoms with Crippen molar-refractivity contribution < 1.29 is 14.1 Å². The van der Waals surface area contributed by atoms with Gasteiger partial charge in [-0.2, -0.15) is 0 Å². The monoisotopic (exact) mass is 276 g/mol. The molecule has 0 spiro atoms. The highest BCUT2D eigenvalue weighted by molar-refractivity contribution is 5.41. The standard InChI is InChI=1S/C14H13FN2O3/c1-20-11-5-2-9(3-6-11)14(16)12-8-10(17(18)19)4-7-13(12)15/h2-8,14H,16H2,1H3. The van der Waals surface area contributed by atoms with E-state index in [1.165, 1.54) is 7.11 Å². The highest BCUT2D eigenvalue weighted by Crippen LogP contribution is 2.27. The summed E-state index contributed by atoms with van der Waals surface area (Å²) >= 11 is 0. The van der Waals surface area contributed by atoms with Crippen molar-refractivity contribution in [1.29, 1.82) is 0 Å². The van der Waals surface area contributed by atoms with Crippen molar-refractivity contribution in [3.05, 3.63) is 69.5 Å². The zero-order valence-corrected chi connectivity index (χ0v) is 10.7. The Kier molecular flexibility index (Phi) is 3.95. The molecule has 0 aliphatic heterocycles. The average molecular weight is 276 g/mol. The molecule has 6 heteroatoms. The number of ether oxygens (including phenoxy) is 1. The van der Waals surface area contributed by atoms with Gasteiger partial charge in [0.1, 0.15) is 11.6 Å². The van der Waals surface area contributed by atoms with E-state index in [-0.39, 0.29) is 11.3 Å². The second-order valence-corrected chi connectivity index (χ2v) is 4.21. The van der Waals surface area contributed by atoms with Crippen LogP contribution in [0, 0.1) is 15.9 Å². The third-order valence-electron chi connectivity index (χ3n) is 3.00. The first-order chi connectivity index (χ1) is 9.52. The molecule has 1 unspecified atom stereocenters. The summed E-state index contributed by atoms with van der Waals surface area (Å²) in [5.74, 6) is 0.0828. The van der Waals surface area contributed by atoms with Gasteiger partial charge in [-0.3, -0.25) is 10.1 Å². The van der Waals surface area contributed by atoms with Crippen molar-refractivity contribution in [3.8, 4) is 5.75 Å². The number of nitrogens with two attached hydrogens (primary N) is 1. The van der Waals surface area contributed by atoms with Gasteiger partial charge in [-0.05, 0) is 23.8 Å². The van der Waals surface area contributed by atoms with E-state index in [1.54, 1.807) is 24.3 Å². The van der Waals surface area contributed by atoms with Crippen molar-refractivity contribution >= 4 is 5.69 Å². The maximum atomic E-state index is 13.8. The van der Waals surface area contributed by atoms with E-state index in [2.05, 4.69) is 0 Å². The fourth-order valence-electron chi connectivity index (χ4n) is 1.87. The van der Waals surface area contributed by atoms with Crippen LogP contribution in [0.5, 0.6) is 5.75 Å². The zero-order chi connectivity index (χ0) is 14.7. The molecular weight excluding hydrogens is 263 g/mol. The van der Waals surface area contributed by atoms with Crippen LogP contribution in [0.15, 0.2) is 42.5 Å². The van der Waals surface area contributed by atoms with Crippen LogP contribution in [0.25, 0.3) is 0 Å². The molecule has 1 atom stereocenters. The number of halogens is 1. The van der Waals surface area contributed by atoms with Crippen LogP contribution in [-0.2, 0) is 0 Å². The lowest BCUT2D eigenvalue weighted by molar-refractivity contribution is -0.385. The number of methoxy groups -OCH3 is 1. The Morgan fingerprint density at radius 2 is 1.90 bits per heavy atom. The molecule has 104 valence electrons. The SMILES string of the molecule is COc1ccc(C(N)c2cc([N+](=O)[O-])ccc2F)cc1. The number of non-ortho nitro benzene ring substituents is 1. The first kappa shape index (κ1) is 14.0. The van der Waals surface area contributed by atoms with E-state index < -0.39 is 16.8 Å². The molecule has 0 saturated heterocycles. The first-order valence-electron chi connectivity index (χ1n) is 5.86. The van der Waals surface area contributed by atoms with Gasteiger partial charge < -0.3 is 10.5 Å². The number of benzene rings is 2. The predicted molar refractivity (Wildman–Crippen MR) is 72.1 cm³/mol. The van der Waals surface area contributed by atoms with Gasteiger partial charge >= 0.3 is 0 Å². The molecule has 0 radical (unpaired) electrons. The van der Waals surface area contributed by atoms with E-state index in [0.29, 0.717) is 11.3 Å². The Labute approximate surface area is 114 Å². The molecule has 2 rings (SSSR count). The molecule has 0 aromatic heterocycles. The Hall–Kier alpha value is -2.47. The number of nitro groups is 1. The van der Waals surface area contributed by atoms with Crippen molar-refractivity contribution in [2.24, 2.45) is 5.73 Å². The van der Waals surface area contributed by atoms with Crippen molar-refractivity contribution in [1.82, 2.24) is 0 Å². The van der Waals surface area contributed by atoms with Crippen molar-refractivity contribution in [2.75, 3.05) is 7.11 Å². The molecule has 0 saturated carbocycles. The summed E-state index contributed by atoms with van der Waals surface area (Å²) in [5.41, 5.74) is 6.52. The van der Waals surface area contributed by atoms with Crippen LogP contribution in [0.2, 0.25) is 0 Å². The van der Waals surface area contributed by atoms with Crippen LogP contribution in [0.3, 0.4) is 0 Å². The fraction of sp³-hybridized carbons (Fsp3) is 0.143. The van der Waals surface area contributed by atoms with Gasteiger partial charge in [0.2, 0.25) is 0 Å². The summed E-state index contributed by atoms with van der Waals surface area (Å²) in [7, 11) is 1.54. The van der Waals surface area contributed by atoms with Gasteiger partial charge in [0.05, 0.1) is 18.1 Å². The molecular formula is C14H13FN2O3. The minimum Gasteiger partial charge on any atom is -0.497 e. The molecule has 2 aromatic carbocycles. The molecule has 20 heavy (non-hydrogen) atoms. The van der Waals surface area contributed by atoms with Crippen molar-refractivity contribution in [2.45, 2.75) is 6.04 Å². The number of nitrogens with zero attached hydrogens (tertiary/aromatic N) is 1. The summed E-state index contributed by atoms with van der Waals surface area (Å²) in [4.78, 5) is 10.2.